The van der Waals surface area contributed by atoms with Crippen LogP contribution in [0.4, 0.5) is 0 Å². The number of terminal acetylenes is 1. The molecule has 0 unspecified atom stereocenters. The van der Waals surface area contributed by atoms with Gasteiger partial charge in [-0.05, 0) is 0 Å². The van der Waals surface area contributed by atoms with Crippen LogP contribution in [0.1, 0.15) is 6.42 Å². The van der Waals surface area contributed by atoms with Crippen molar-refractivity contribution in [2.24, 2.45) is 5.34 Å². The van der Waals surface area contributed by atoms with Gasteiger partial charge in [0.15, 0.2) is 5.34 Å². The first-order chi connectivity index (χ1) is 3.41. The third-order valence-electron chi connectivity index (χ3n) is 0.390. The van der Waals surface area contributed by atoms with Gasteiger partial charge < -0.3 is 4.84 Å². The monoisotopic (exact) mass is 99.0 g/mol. The highest BCUT2D eigenvalue weighted by Gasteiger charge is 1.76. The maximum absolute atomic E-state index is 9.14. The molecule has 3 heteroatoms. The molecule has 0 atom stereocenters. The normalized spacial score (nSPS) is 6.71. The zero-order valence-corrected chi connectivity index (χ0v) is 3.76. The summed E-state index contributed by atoms with van der Waals surface area (Å²) in [5.74, 6) is 2.28. The SMILES string of the molecule is C#CCCON=O. The molecular formula is C4H5NO2. The molecule has 0 aliphatic rings. The highest BCUT2D eigenvalue weighted by molar-refractivity contribution is 4.82. The van der Waals surface area contributed by atoms with Crippen LogP contribution in [0.3, 0.4) is 0 Å². The average Bonchev–Trinajstić information content (AvgIpc) is 1.69. The van der Waals surface area contributed by atoms with Crippen LogP contribution in [-0.2, 0) is 4.84 Å². The van der Waals surface area contributed by atoms with Crippen LogP contribution in [-0.4, -0.2) is 6.61 Å². The highest BCUT2D eigenvalue weighted by atomic mass is 16.7. The van der Waals surface area contributed by atoms with Crippen LogP contribution < -0.4 is 0 Å². The van der Waals surface area contributed by atoms with Crippen molar-refractivity contribution in [2.45, 2.75) is 6.42 Å². The van der Waals surface area contributed by atoms with Crippen LogP contribution in [0.2, 0.25) is 0 Å². The second-order valence-corrected chi connectivity index (χ2v) is 0.862. The van der Waals surface area contributed by atoms with Crippen molar-refractivity contribution in [3.8, 4) is 12.3 Å². The van der Waals surface area contributed by atoms with E-state index in [1.165, 1.54) is 0 Å². The standard InChI is InChI=1S/C4H5NO2/c1-2-3-4-7-5-6/h1H,3-4H2. The van der Waals surface area contributed by atoms with E-state index in [-0.39, 0.29) is 6.61 Å². The molecule has 0 aliphatic heterocycles. The van der Waals surface area contributed by atoms with Gasteiger partial charge >= 0.3 is 0 Å². The Balaban J connectivity index is 2.72. The van der Waals surface area contributed by atoms with Crippen LogP contribution in [0.5, 0.6) is 0 Å². The second kappa shape index (κ2) is 4.96. The van der Waals surface area contributed by atoms with Gasteiger partial charge in [0, 0.05) is 6.42 Å². The summed E-state index contributed by atoms with van der Waals surface area (Å²) in [5, 5.41) is 2.13. The van der Waals surface area contributed by atoms with Crippen LogP contribution in [0.25, 0.3) is 0 Å². The lowest BCUT2D eigenvalue weighted by molar-refractivity contribution is 0.146. The molecule has 0 aliphatic carbocycles. The largest absolute Gasteiger partial charge is 0.363 e. The van der Waals surface area contributed by atoms with Gasteiger partial charge in [-0.15, -0.1) is 17.3 Å². The molecule has 0 heterocycles. The number of rotatable bonds is 3. The quantitative estimate of drug-likeness (QED) is 0.226. The molecule has 0 saturated carbocycles. The topological polar surface area (TPSA) is 38.7 Å². The molecule has 38 valence electrons. The Morgan fingerprint density at radius 1 is 1.86 bits per heavy atom. The van der Waals surface area contributed by atoms with E-state index in [4.69, 9.17) is 11.3 Å². The molecule has 0 aromatic carbocycles. The molecule has 0 amide bonds. The van der Waals surface area contributed by atoms with Crippen molar-refractivity contribution in [1.29, 1.82) is 0 Å². The van der Waals surface area contributed by atoms with Gasteiger partial charge in [0.2, 0.25) is 0 Å². The summed E-state index contributed by atoms with van der Waals surface area (Å²) in [4.78, 5) is 13.1. The average molecular weight is 99.1 g/mol. The van der Waals surface area contributed by atoms with Crippen LogP contribution in [0.15, 0.2) is 5.34 Å². The summed E-state index contributed by atoms with van der Waals surface area (Å²) in [7, 11) is 0. The zero-order valence-electron chi connectivity index (χ0n) is 3.76. The molecule has 0 bridgehead atoms. The minimum atomic E-state index is 0.222. The van der Waals surface area contributed by atoms with Crippen molar-refractivity contribution < 1.29 is 4.84 Å². The van der Waals surface area contributed by atoms with Gasteiger partial charge in [-0.2, -0.15) is 0 Å². The fourth-order valence-corrected chi connectivity index (χ4v) is 0.142. The molecule has 0 N–H and O–H groups in total. The summed E-state index contributed by atoms with van der Waals surface area (Å²) in [6, 6.07) is 0. The third kappa shape index (κ3) is 4.96. The summed E-state index contributed by atoms with van der Waals surface area (Å²) in [6.45, 7) is 0.222. The van der Waals surface area contributed by atoms with Gasteiger partial charge in [-0.1, -0.05) is 0 Å². The molecule has 7 heavy (non-hydrogen) atoms. The van der Waals surface area contributed by atoms with E-state index in [0.29, 0.717) is 6.42 Å². The Bertz CT molecular complexity index is 84.2. The fraction of sp³-hybridized carbons (Fsp3) is 0.500. The summed E-state index contributed by atoms with van der Waals surface area (Å²) >= 11 is 0. The van der Waals surface area contributed by atoms with Crippen molar-refractivity contribution in [1.82, 2.24) is 0 Å². The first-order valence-electron chi connectivity index (χ1n) is 1.80. The van der Waals surface area contributed by atoms with Gasteiger partial charge in [0.1, 0.15) is 6.61 Å². The summed E-state index contributed by atoms with van der Waals surface area (Å²) < 4.78 is 0. The Hall–Kier alpha value is -1.04. The third-order valence-corrected chi connectivity index (χ3v) is 0.390. The summed E-state index contributed by atoms with van der Waals surface area (Å²) in [6.07, 6.45) is 5.23. The first kappa shape index (κ1) is 5.96. The van der Waals surface area contributed by atoms with E-state index >= 15 is 0 Å². The van der Waals surface area contributed by atoms with Crippen LogP contribution in [0, 0.1) is 17.3 Å². The number of hydrogen-bond acceptors (Lipinski definition) is 3. The van der Waals surface area contributed by atoms with Crippen molar-refractivity contribution >= 4 is 0 Å². The number of nitrogens with zero attached hydrogens (tertiary/aromatic N) is 1. The molecule has 0 fully saturated rings. The lowest BCUT2D eigenvalue weighted by Crippen LogP contribution is -1.81. The van der Waals surface area contributed by atoms with Gasteiger partial charge in [-0.25, -0.2) is 0 Å². The molecule has 0 spiro atoms. The predicted octanol–water partition coefficient (Wildman–Crippen LogP) is 0.708. The molecule has 0 radical (unpaired) electrons. The van der Waals surface area contributed by atoms with Gasteiger partial charge in [0.05, 0.1) is 0 Å². The van der Waals surface area contributed by atoms with Crippen molar-refractivity contribution in [3.63, 3.8) is 0 Å². The smallest absolute Gasteiger partial charge is 0.155 e. The molecular weight excluding hydrogens is 94.0 g/mol. The van der Waals surface area contributed by atoms with E-state index in [9.17, 15) is 0 Å². The Morgan fingerprint density at radius 3 is 3.00 bits per heavy atom. The molecule has 0 aromatic rings. The molecule has 0 aromatic heterocycles. The van der Waals surface area contributed by atoms with E-state index < -0.39 is 0 Å². The van der Waals surface area contributed by atoms with E-state index in [0.717, 1.165) is 0 Å². The number of hydrogen-bond donors (Lipinski definition) is 0. The molecule has 0 saturated heterocycles. The highest BCUT2D eigenvalue weighted by Crippen LogP contribution is 1.77. The molecule has 3 nitrogen and oxygen atoms in total. The first-order valence-corrected chi connectivity index (χ1v) is 1.80. The Labute approximate surface area is 41.6 Å². The maximum atomic E-state index is 9.14. The maximum Gasteiger partial charge on any atom is 0.155 e. The van der Waals surface area contributed by atoms with Gasteiger partial charge in [0.25, 0.3) is 0 Å². The lowest BCUT2D eigenvalue weighted by atomic mass is 10.5. The van der Waals surface area contributed by atoms with E-state index in [1.807, 2.05) is 0 Å². The summed E-state index contributed by atoms with van der Waals surface area (Å²) in [5.41, 5.74) is 0. The zero-order chi connectivity index (χ0) is 5.54. The Morgan fingerprint density at radius 2 is 2.57 bits per heavy atom. The Kier molecular flexibility index (Phi) is 4.22. The van der Waals surface area contributed by atoms with Crippen LogP contribution >= 0.6 is 0 Å². The lowest BCUT2D eigenvalue weighted by Gasteiger charge is -1.83. The fourth-order valence-electron chi connectivity index (χ4n) is 0.142. The van der Waals surface area contributed by atoms with E-state index in [2.05, 4.69) is 16.1 Å². The molecule has 0 rings (SSSR count). The minimum Gasteiger partial charge on any atom is -0.363 e. The van der Waals surface area contributed by atoms with Gasteiger partial charge in [-0.3, -0.25) is 0 Å². The van der Waals surface area contributed by atoms with Crippen molar-refractivity contribution in [2.75, 3.05) is 6.61 Å². The second-order valence-electron chi connectivity index (χ2n) is 0.862. The van der Waals surface area contributed by atoms with Crippen molar-refractivity contribution in [3.05, 3.63) is 4.91 Å². The minimum absolute atomic E-state index is 0.222. The predicted molar refractivity (Wildman–Crippen MR) is 25.2 cm³/mol. The van der Waals surface area contributed by atoms with E-state index in [1.54, 1.807) is 0 Å².